The van der Waals surface area contributed by atoms with E-state index in [0.717, 1.165) is 12.8 Å². The van der Waals surface area contributed by atoms with Crippen molar-refractivity contribution in [1.29, 1.82) is 0 Å². The molecule has 0 aromatic carbocycles. The number of fused-ring (bicyclic) bond motifs is 3. The number of hydrogen-bond acceptors (Lipinski definition) is 3. The minimum absolute atomic E-state index is 0.0834. The molecule has 3 nitrogen and oxygen atoms in total. The fourth-order valence-electron chi connectivity index (χ4n) is 3.04. The van der Waals surface area contributed by atoms with Gasteiger partial charge in [-0.1, -0.05) is 12.2 Å². The molecule has 0 aromatic rings. The maximum Gasteiger partial charge on any atom is 0.351 e. The summed E-state index contributed by atoms with van der Waals surface area (Å²) in [5, 5.41) is 0. The van der Waals surface area contributed by atoms with Gasteiger partial charge in [0, 0.05) is 0 Å². The molecule has 2 bridgehead atoms. The molecule has 4 atom stereocenters. The molecule has 0 aromatic heterocycles. The lowest BCUT2D eigenvalue weighted by atomic mass is 9.72. The SMILES string of the molecule is CC1OOC(=O)C12CC1C=CC2C1. The molecular formula is C10H12O3. The van der Waals surface area contributed by atoms with Gasteiger partial charge in [0.15, 0.2) is 0 Å². The van der Waals surface area contributed by atoms with Gasteiger partial charge in [-0.05, 0) is 31.6 Å². The van der Waals surface area contributed by atoms with E-state index in [9.17, 15) is 4.79 Å². The van der Waals surface area contributed by atoms with Crippen LogP contribution in [0, 0.1) is 17.3 Å². The highest BCUT2D eigenvalue weighted by Crippen LogP contribution is 2.57. The Morgan fingerprint density at radius 1 is 1.54 bits per heavy atom. The fourth-order valence-corrected chi connectivity index (χ4v) is 3.04. The second kappa shape index (κ2) is 2.15. The number of rotatable bonds is 0. The van der Waals surface area contributed by atoms with Crippen molar-refractivity contribution in [2.45, 2.75) is 25.9 Å². The van der Waals surface area contributed by atoms with Gasteiger partial charge < -0.3 is 0 Å². The highest BCUT2D eigenvalue weighted by Gasteiger charge is 2.62. The summed E-state index contributed by atoms with van der Waals surface area (Å²) in [6.45, 7) is 1.93. The van der Waals surface area contributed by atoms with Gasteiger partial charge >= 0.3 is 5.97 Å². The Kier molecular flexibility index (Phi) is 1.25. The largest absolute Gasteiger partial charge is 0.351 e. The van der Waals surface area contributed by atoms with Crippen molar-refractivity contribution >= 4 is 5.97 Å². The zero-order valence-corrected chi connectivity index (χ0v) is 7.53. The van der Waals surface area contributed by atoms with Gasteiger partial charge in [0.05, 0.1) is 0 Å². The Morgan fingerprint density at radius 2 is 2.38 bits per heavy atom. The van der Waals surface area contributed by atoms with Crippen LogP contribution in [0.15, 0.2) is 12.2 Å². The predicted molar refractivity (Wildman–Crippen MR) is 44.4 cm³/mol. The minimum Gasteiger partial charge on any atom is -0.297 e. The Hall–Kier alpha value is -0.830. The van der Waals surface area contributed by atoms with E-state index in [1.807, 2.05) is 6.92 Å². The molecule has 2 aliphatic carbocycles. The quantitative estimate of drug-likeness (QED) is 0.418. The van der Waals surface area contributed by atoms with Crippen LogP contribution in [0.4, 0.5) is 0 Å². The summed E-state index contributed by atoms with van der Waals surface area (Å²) in [6.07, 6.45) is 6.30. The molecule has 13 heavy (non-hydrogen) atoms. The van der Waals surface area contributed by atoms with Crippen molar-refractivity contribution in [2.24, 2.45) is 17.3 Å². The maximum absolute atomic E-state index is 11.6. The normalized spacial score (nSPS) is 52.1. The molecule has 0 amide bonds. The van der Waals surface area contributed by atoms with Crippen molar-refractivity contribution < 1.29 is 14.6 Å². The molecule has 1 heterocycles. The van der Waals surface area contributed by atoms with E-state index in [-0.39, 0.29) is 17.5 Å². The third kappa shape index (κ3) is 0.718. The van der Waals surface area contributed by atoms with E-state index in [1.165, 1.54) is 0 Å². The van der Waals surface area contributed by atoms with Crippen LogP contribution in [0.25, 0.3) is 0 Å². The topological polar surface area (TPSA) is 35.5 Å². The molecule has 1 spiro atoms. The van der Waals surface area contributed by atoms with Crippen molar-refractivity contribution in [2.75, 3.05) is 0 Å². The van der Waals surface area contributed by atoms with Crippen molar-refractivity contribution in [3.05, 3.63) is 12.2 Å². The minimum atomic E-state index is -0.348. The van der Waals surface area contributed by atoms with E-state index in [0.29, 0.717) is 11.8 Å². The smallest absolute Gasteiger partial charge is 0.297 e. The average molecular weight is 180 g/mol. The van der Waals surface area contributed by atoms with Crippen LogP contribution in [0.1, 0.15) is 19.8 Å². The first kappa shape index (κ1) is 7.56. The van der Waals surface area contributed by atoms with Crippen LogP contribution in [0.2, 0.25) is 0 Å². The fraction of sp³-hybridized carbons (Fsp3) is 0.700. The lowest BCUT2D eigenvalue weighted by molar-refractivity contribution is -0.259. The predicted octanol–water partition coefficient (Wildman–Crippen LogP) is 1.45. The van der Waals surface area contributed by atoms with Crippen molar-refractivity contribution in [1.82, 2.24) is 0 Å². The number of allylic oxidation sites excluding steroid dienone is 2. The summed E-state index contributed by atoms with van der Waals surface area (Å²) in [6, 6.07) is 0. The van der Waals surface area contributed by atoms with Crippen molar-refractivity contribution in [3.8, 4) is 0 Å². The van der Waals surface area contributed by atoms with Gasteiger partial charge in [-0.25, -0.2) is 4.79 Å². The van der Waals surface area contributed by atoms with E-state index in [1.54, 1.807) is 0 Å². The molecule has 2 fully saturated rings. The monoisotopic (exact) mass is 180 g/mol. The molecule has 3 rings (SSSR count). The lowest BCUT2D eigenvalue weighted by Crippen LogP contribution is -2.38. The Bertz CT molecular complexity index is 297. The standard InChI is InChI=1S/C10H12O3/c1-6-10(9(11)13-12-6)5-7-2-3-8(10)4-7/h2-3,6-8H,4-5H2,1H3. The molecule has 1 aliphatic heterocycles. The molecule has 3 aliphatic rings. The third-order valence-corrected chi connectivity index (χ3v) is 3.81. The number of carbonyl (C=O) groups excluding carboxylic acids is 1. The van der Waals surface area contributed by atoms with Crippen LogP contribution < -0.4 is 0 Å². The van der Waals surface area contributed by atoms with Crippen LogP contribution in [-0.4, -0.2) is 12.1 Å². The van der Waals surface area contributed by atoms with Crippen LogP contribution in [0.5, 0.6) is 0 Å². The first-order valence-corrected chi connectivity index (χ1v) is 4.79. The third-order valence-electron chi connectivity index (χ3n) is 3.81. The van der Waals surface area contributed by atoms with Gasteiger partial charge in [-0.15, -0.1) is 0 Å². The summed E-state index contributed by atoms with van der Waals surface area (Å²) >= 11 is 0. The Balaban J connectivity index is 2.05. The first-order valence-electron chi connectivity index (χ1n) is 4.79. The van der Waals surface area contributed by atoms with E-state index in [4.69, 9.17) is 4.89 Å². The van der Waals surface area contributed by atoms with Gasteiger partial charge in [-0.3, -0.25) is 4.89 Å². The highest BCUT2D eigenvalue weighted by molar-refractivity contribution is 5.80. The van der Waals surface area contributed by atoms with Crippen LogP contribution in [-0.2, 0) is 14.6 Å². The second-order valence-corrected chi connectivity index (χ2v) is 4.34. The molecule has 1 saturated heterocycles. The van der Waals surface area contributed by atoms with Gasteiger partial charge in [0.1, 0.15) is 11.5 Å². The summed E-state index contributed by atoms with van der Waals surface area (Å²) in [4.78, 5) is 21.3. The molecule has 1 saturated carbocycles. The molecule has 0 radical (unpaired) electrons. The van der Waals surface area contributed by atoms with Crippen molar-refractivity contribution in [3.63, 3.8) is 0 Å². The van der Waals surface area contributed by atoms with E-state index in [2.05, 4.69) is 17.0 Å². The molecule has 4 unspecified atom stereocenters. The van der Waals surface area contributed by atoms with E-state index >= 15 is 0 Å². The van der Waals surface area contributed by atoms with E-state index < -0.39 is 0 Å². The highest BCUT2D eigenvalue weighted by atomic mass is 17.2. The summed E-state index contributed by atoms with van der Waals surface area (Å²) in [7, 11) is 0. The maximum atomic E-state index is 11.6. The number of hydrogen-bond donors (Lipinski definition) is 0. The molecular weight excluding hydrogens is 168 g/mol. The Labute approximate surface area is 76.6 Å². The summed E-state index contributed by atoms with van der Waals surface area (Å²) < 4.78 is 0. The van der Waals surface area contributed by atoms with Gasteiger partial charge in [0.2, 0.25) is 0 Å². The number of carbonyl (C=O) groups is 1. The van der Waals surface area contributed by atoms with Crippen LogP contribution >= 0.6 is 0 Å². The average Bonchev–Trinajstić information content (AvgIpc) is 2.77. The van der Waals surface area contributed by atoms with Crippen LogP contribution in [0.3, 0.4) is 0 Å². The lowest BCUT2D eigenvalue weighted by Gasteiger charge is -2.27. The van der Waals surface area contributed by atoms with Gasteiger partial charge in [0.25, 0.3) is 0 Å². The summed E-state index contributed by atoms with van der Waals surface area (Å²) in [5.74, 6) is 0.765. The first-order chi connectivity index (χ1) is 6.23. The molecule has 0 N–H and O–H groups in total. The molecule has 70 valence electrons. The van der Waals surface area contributed by atoms with Gasteiger partial charge in [-0.2, -0.15) is 4.89 Å². The Morgan fingerprint density at radius 3 is 2.85 bits per heavy atom. The molecule has 3 heteroatoms. The zero-order valence-electron chi connectivity index (χ0n) is 7.53. The second-order valence-electron chi connectivity index (χ2n) is 4.34. The zero-order chi connectivity index (χ0) is 9.05. The summed E-state index contributed by atoms with van der Waals surface area (Å²) in [5.41, 5.74) is -0.348.